The number of benzene rings is 7. The van der Waals surface area contributed by atoms with Gasteiger partial charge in [0.05, 0.1) is 11.0 Å². The highest BCUT2D eigenvalue weighted by molar-refractivity contribution is 6.13. The number of aromatic nitrogens is 4. The van der Waals surface area contributed by atoms with Crippen molar-refractivity contribution in [2.24, 2.45) is 0 Å². The molecule has 0 saturated heterocycles. The van der Waals surface area contributed by atoms with Crippen molar-refractivity contribution < 1.29 is 4.42 Å². The molecule has 0 aliphatic carbocycles. The monoisotopic (exact) mass is 614 g/mol. The first-order valence-corrected chi connectivity index (χ1v) is 16.0. The van der Waals surface area contributed by atoms with E-state index >= 15 is 0 Å². The van der Waals surface area contributed by atoms with Crippen LogP contribution in [-0.2, 0) is 0 Å². The topological polar surface area (TPSA) is 56.7 Å². The van der Waals surface area contributed by atoms with Gasteiger partial charge in [0.2, 0.25) is 0 Å². The number of fused-ring (bicyclic) bond motifs is 7. The normalized spacial score (nSPS) is 11.8. The van der Waals surface area contributed by atoms with Gasteiger partial charge in [-0.15, -0.1) is 0 Å². The van der Waals surface area contributed by atoms with E-state index in [0.29, 0.717) is 17.5 Å². The van der Waals surface area contributed by atoms with Crippen molar-refractivity contribution in [3.8, 4) is 39.9 Å². The highest BCUT2D eigenvalue weighted by Gasteiger charge is 2.16. The minimum atomic E-state index is 0.597. The summed E-state index contributed by atoms with van der Waals surface area (Å²) in [6, 6.07) is 54.6. The van der Waals surface area contributed by atoms with Crippen LogP contribution in [0.3, 0.4) is 0 Å². The maximum absolute atomic E-state index is 6.20. The first-order chi connectivity index (χ1) is 23.8. The van der Waals surface area contributed by atoms with Crippen LogP contribution in [0, 0.1) is 0 Å². The molecule has 7 aromatic carbocycles. The summed E-state index contributed by atoms with van der Waals surface area (Å²) in [5.41, 5.74) is 7.81. The fraction of sp³-hybridized carbons (Fsp3) is 0. The molecule has 0 aliphatic rings. The van der Waals surface area contributed by atoms with Crippen LogP contribution in [0.15, 0.2) is 162 Å². The molecule has 0 atom stereocenters. The first-order valence-electron chi connectivity index (χ1n) is 16.0. The van der Waals surface area contributed by atoms with Crippen LogP contribution in [0.1, 0.15) is 0 Å². The lowest BCUT2D eigenvalue weighted by Crippen LogP contribution is -2.00. The maximum atomic E-state index is 6.20. The van der Waals surface area contributed by atoms with Gasteiger partial charge in [-0.25, -0.2) is 15.0 Å². The van der Waals surface area contributed by atoms with E-state index in [0.717, 1.165) is 44.3 Å². The Kier molecular flexibility index (Phi) is 5.81. The first kappa shape index (κ1) is 26.6. The second-order valence-electron chi connectivity index (χ2n) is 12.1. The van der Waals surface area contributed by atoms with E-state index in [1.54, 1.807) is 0 Å². The van der Waals surface area contributed by atoms with Gasteiger partial charge in [-0.05, 0) is 71.4 Å². The molecule has 3 heterocycles. The molecule has 0 bridgehead atoms. The Labute approximate surface area is 275 Å². The predicted octanol–water partition coefficient (Wildman–Crippen LogP) is 11.0. The third-order valence-electron chi connectivity index (χ3n) is 9.23. The summed E-state index contributed by atoms with van der Waals surface area (Å²) in [5, 5.41) is 7.10. The molecule has 0 spiro atoms. The molecule has 0 radical (unpaired) electrons. The Bertz CT molecular complexity index is 2830. The third-order valence-corrected chi connectivity index (χ3v) is 9.23. The van der Waals surface area contributed by atoms with Gasteiger partial charge in [-0.1, -0.05) is 97.1 Å². The Morgan fingerprint density at radius 1 is 0.375 bits per heavy atom. The van der Waals surface area contributed by atoms with Crippen molar-refractivity contribution in [2.45, 2.75) is 0 Å². The SMILES string of the molecule is c1ccc(-c2nc(-c3ccc(-n4c5ccccc5c5cc6ccccc6cc54)cc3)nc(-c3ccc4c(c3)oc3ccccc34)n2)cc1. The zero-order valence-electron chi connectivity index (χ0n) is 25.7. The molecular weight excluding hydrogens is 589 g/mol. The Morgan fingerprint density at radius 3 is 1.75 bits per heavy atom. The van der Waals surface area contributed by atoms with E-state index < -0.39 is 0 Å². The van der Waals surface area contributed by atoms with E-state index in [1.807, 2.05) is 54.6 Å². The third kappa shape index (κ3) is 4.22. The van der Waals surface area contributed by atoms with E-state index in [1.165, 1.54) is 32.6 Å². The summed E-state index contributed by atoms with van der Waals surface area (Å²) in [4.78, 5) is 14.9. The van der Waals surface area contributed by atoms with Crippen molar-refractivity contribution in [1.82, 2.24) is 19.5 Å². The van der Waals surface area contributed by atoms with Gasteiger partial charge in [-0.3, -0.25) is 0 Å². The zero-order chi connectivity index (χ0) is 31.6. The molecule has 0 N–H and O–H groups in total. The molecule has 3 aromatic heterocycles. The second-order valence-corrected chi connectivity index (χ2v) is 12.1. The van der Waals surface area contributed by atoms with Crippen LogP contribution >= 0.6 is 0 Å². The summed E-state index contributed by atoms with van der Waals surface area (Å²) in [6.07, 6.45) is 0. The largest absolute Gasteiger partial charge is 0.456 e. The highest BCUT2D eigenvalue weighted by Crippen LogP contribution is 2.36. The van der Waals surface area contributed by atoms with Gasteiger partial charge in [0.25, 0.3) is 0 Å². The van der Waals surface area contributed by atoms with E-state index in [9.17, 15) is 0 Å². The minimum Gasteiger partial charge on any atom is -0.456 e. The quantitative estimate of drug-likeness (QED) is 0.198. The van der Waals surface area contributed by atoms with Crippen LogP contribution in [0.25, 0.3) is 94.4 Å². The van der Waals surface area contributed by atoms with Crippen molar-refractivity contribution in [2.75, 3.05) is 0 Å². The van der Waals surface area contributed by atoms with E-state index in [2.05, 4.69) is 108 Å². The van der Waals surface area contributed by atoms with Crippen LogP contribution in [-0.4, -0.2) is 19.5 Å². The Balaban J connectivity index is 1.12. The lowest BCUT2D eigenvalue weighted by molar-refractivity contribution is 0.669. The molecule has 0 aliphatic heterocycles. The number of nitrogens with zero attached hydrogens (tertiary/aromatic N) is 4. The van der Waals surface area contributed by atoms with Crippen molar-refractivity contribution >= 4 is 54.5 Å². The summed E-state index contributed by atoms with van der Waals surface area (Å²) >= 11 is 0. The predicted molar refractivity (Wildman–Crippen MR) is 195 cm³/mol. The standard InChI is InChI=1S/C43H26N4O/c1-2-10-27(11-3-1)41-44-42(46-43(45-41)31-20-23-35-34-15-7-9-17-39(34)48-40(35)26-31)28-18-21-32(22-19-28)47-37-16-8-6-14-33(37)36-24-29-12-4-5-13-30(29)25-38(36)47/h1-26H. The van der Waals surface area contributed by atoms with Gasteiger partial charge in [0.1, 0.15) is 11.2 Å². The number of para-hydroxylation sites is 2. The lowest BCUT2D eigenvalue weighted by atomic mass is 10.1. The van der Waals surface area contributed by atoms with Gasteiger partial charge >= 0.3 is 0 Å². The number of furan rings is 1. The van der Waals surface area contributed by atoms with Crippen molar-refractivity contribution in [3.63, 3.8) is 0 Å². The number of hydrogen-bond donors (Lipinski definition) is 0. The summed E-state index contributed by atoms with van der Waals surface area (Å²) in [7, 11) is 0. The van der Waals surface area contributed by atoms with Gasteiger partial charge in [0, 0.05) is 43.9 Å². The highest BCUT2D eigenvalue weighted by atomic mass is 16.3. The molecule has 0 unspecified atom stereocenters. The second kappa shape index (κ2) is 10.5. The average Bonchev–Trinajstić information content (AvgIpc) is 3.69. The smallest absolute Gasteiger partial charge is 0.164 e. The number of hydrogen-bond acceptors (Lipinski definition) is 4. The van der Waals surface area contributed by atoms with Crippen LogP contribution in [0.4, 0.5) is 0 Å². The van der Waals surface area contributed by atoms with Crippen LogP contribution < -0.4 is 0 Å². The molecule has 0 fully saturated rings. The average molecular weight is 615 g/mol. The summed E-state index contributed by atoms with van der Waals surface area (Å²) < 4.78 is 8.55. The van der Waals surface area contributed by atoms with Crippen molar-refractivity contribution in [3.05, 3.63) is 158 Å². The molecule has 48 heavy (non-hydrogen) atoms. The fourth-order valence-corrected chi connectivity index (χ4v) is 6.91. The fourth-order valence-electron chi connectivity index (χ4n) is 6.91. The maximum Gasteiger partial charge on any atom is 0.164 e. The zero-order valence-corrected chi connectivity index (χ0v) is 25.7. The molecular formula is C43H26N4O. The van der Waals surface area contributed by atoms with Crippen LogP contribution in [0.2, 0.25) is 0 Å². The molecule has 224 valence electrons. The minimum absolute atomic E-state index is 0.597. The molecule has 5 nitrogen and oxygen atoms in total. The summed E-state index contributed by atoms with van der Waals surface area (Å²) in [5.74, 6) is 1.83. The van der Waals surface area contributed by atoms with E-state index in [4.69, 9.17) is 19.4 Å². The molecule has 0 amide bonds. The van der Waals surface area contributed by atoms with Crippen LogP contribution in [0.5, 0.6) is 0 Å². The molecule has 10 aromatic rings. The van der Waals surface area contributed by atoms with E-state index in [-0.39, 0.29) is 0 Å². The summed E-state index contributed by atoms with van der Waals surface area (Å²) in [6.45, 7) is 0. The van der Waals surface area contributed by atoms with Gasteiger partial charge in [0.15, 0.2) is 17.5 Å². The molecule has 0 saturated carbocycles. The van der Waals surface area contributed by atoms with Gasteiger partial charge in [-0.2, -0.15) is 0 Å². The molecule has 10 rings (SSSR count). The van der Waals surface area contributed by atoms with Gasteiger partial charge < -0.3 is 8.98 Å². The lowest BCUT2D eigenvalue weighted by Gasteiger charge is -2.11. The Morgan fingerprint density at radius 2 is 0.958 bits per heavy atom. The molecule has 5 heteroatoms. The van der Waals surface area contributed by atoms with Crippen molar-refractivity contribution in [1.29, 1.82) is 0 Å². The number of rotatable bonds is 4. The Hall–Kier alpha value is -6.59.